The number of nitrogens with zero attached hydrogens (tertiary/aromatic N) is 1. The van der Waals surface area contributed by atoms with Crippen LogP contribution in [0.4, 0.5) is 0 Å². The Bertz CT molecular complexity index is 392. The maximum absolute atomic E-state index is 5.78. The van der Waals surface area contributed by atoms with E-state index in [4.69, 9.17) is 9.47 Å². The molecule has 1 aromatic heterocycles. The summed E-state index contributed by atoms with van der Waals surface area (Å²) in [5.74, 6) is 1.48. The number of nitrogens with one attached hydrogen (secondary N) is 1. The van der Waals surface area contributed by atoms with Crippen molar-refractivity contribution in [1.29, 1.82) is 0 Å². The molecule has 0 atom stereocenters. The molecule has 1 N–H and O–H groups in total. The van der Waals surface area contributed by atoms with E-state index < -0.39 is 0 Å². The lowest BCUT2D eigenvalue weighted by Gasteiger charge is -2.34. The number of ether oxygens (including phenoxy) is 2. The average molecular weight is 264 g/mol. The van der Waals surface area contributed by atoms with Gasteiger partial charge in [-0.3, -0.25) is 0 Å². The van der Waals surface area contributed by atoms with Crippen molar-refractivity contribution in [1.82, 2.24) is 10.3 Å². The molecule has 4 nitrogen and oxygen atoms in total. The Morgan fingerprint density at radius 3 is 2.58 bits per heavy atom. The van der Waals surface area contributed by atoms with Crippen LogP contribution in [0.25, 0.3) is 0 Å². The van der Waals surface area contributed by atoms with Gasteiger partial charge in [0.2, 0.25) is 5.88 Å². The highest BCUT2D eigenvalue weighted by Crippen LogP contribution is 2.25. The van der Waals surface area contributed by atoms with Crippen LogP contribution in [0.1, 0.15) is 33.6 Å². The first kappa shape index (κ1) is 14.1. The predicted molar refractivity (Wildman–Crippen MR) is 75.7 cm³/mol. The molecule has 0 bridgehead atoms. The van der Waals surface area contributed by atoms with Crippen molar-refractivity contribution >= 4 is 0 Å². The number of hydrogen-bond donors (Lipinski definition) is 1. The molecule has 0 saturated heterocycles. The van der Waals surface area contributed by atoms with Crippen LogP contribution in [0.2, 0.25) is 0 Å². The van der Waals surface area contributed by atoms with Gasteiger partial charge in [-0.05, 0) is 31.4 Å². The third-order valence-electron chi connectivity index (χ3n) is 3.17. The standard InChI is InChI=1S/C15H24N2O2/c1-15(2,3)10-18-12-5-6-14(17-9-12)19-13-7-11(8-13)16-4/h5-6,9,11,13,16H,7-8,10H2,1-4H3/t11-,13-. The maximum Gasteiger partial charge on any atom is 0.213 e. The van der Waals surface area contributed by atoms with Crippen LogP contribution < -0.4 is 14.8 Å². The molecule has 1 heterocycles. The largest absolute Gasteiger partial charge is 0.491 e. The second-order valence-electron chi connectivity index (χ2n) is 6.38. The van der Waals surface area contributed by atoms with Gasteiger partial charge in [-0.25, -0.2) is 4.98 Å². The quantitative estimate of drug-likeness (QED) is 0.888. The first-order chi connectivity index (χ1) is 8.96. The third kappa shape index (κ3) is 4.39. The summed E-state index contributed by atoms with van der Waals surface area (Å²) in [4.78, 5) is 4.28. The minimum atomic E-state index is 0.156. The fraction of sp³-hybridized carbons (Fsp3) is 0.667. The van der Waals surface area contributed by atoms with E-state index in [1.807, 2.05) is 19.2 Å². The van der Waals surface area contributed by atoms with Gasteiger partial charge in [-0.2, -0.15) is 0 Å². The molecule has 0 aromatic carbocycles. The Morgan fingerprint density at radius 1 is 1.32 bits per heavy atom. The van der Waals surface area contributed by atoms with E-state index in [2.05, 4.69) is 31.1 Å². The van der Waals surface area contributed by atoms with Gasteiger partial charge in [0.15, 0.2) is 0 Å². The Labute approximate surface area is 115 Å². The van der Waals surface area contributed by atoms with Crippen molar-refractivity contribution in [2.24, 2.45) is 5.41 Å². The molecule has 1 saturated carbocycles. The van der Waals surface area contributed by atoms with E-state index in [-0.39, 0.29) is 5.41 Å². The van der Waals surface area contributed by atoms with Crippen molar-refractivity contribution in [3.05, 3.63) is 18.3 Å². The summed E-state index contributed by atoms with van der Waals surface area (Å²) in [6.07, 6.45) is 4.14. The Balaban J connectivity index is 1.78. The van der Waals surface area contributed by atoms with E-state index in [9.17, 15) is 0 Å². The fourth-order valence-corrected chi connectivity index (χ4v) is 1.89. The monoisotopic (exact) mass is 264 g/mol. The summed E-state index contributed by atoms with van der Waals surface area (Å²) in [5, 5.41) is 3.24. The molecule has 0 radical (unpaired) electrons. The van der Waals surface area contributed by atoms with Crippen molar-refractivity contribution in [3.63, 3.8) is 0 Å². The second kappa shape index (κ2) is 5.78. The minimum absolute atomic E-state index is 0.156. The zero-order chi connectivity index (χ0) is 13.9. The number of rotatable bonds is 5. The first-order valence-corrected chi connectivity index (χ1v) is 6.89. The predicted octanol–water partition coefficient (Wildman–Crippen LogP) is 2.64. The zero-order valence-corrected chi connectivity index (χ0v) is 12.3. The highest BCUT2D eigenvalue weighted by molar-refractivity contribution is 5.23. The van der Waals surface area contributed by atoms with Crippen LogP contribution in [0.5, 0.6) is 11.6 Å². The molecule has 1 aliphatic carbocycles. The average Bonchev–Trinajstić information content (AvgIpc) is 2.31. The molecule has 1 fully saturated rings. The molecule has 2 rings (SSSR count). The van der Waals surface area contributed by atoms with Gasteiger partial charge in [-0.1, -0.05) is 20.8 Å². The van der Waals surface area contributed by atoms with Crippen LogP contribution in [0.3, 0.4) is 0 Å². The molecule has 4 heteroatoms. The lowest BCUT2D eigenvalue weighted by Crippen LogP contribution is -2.45. The van der Waals surface area contributed by atoms with Crippen LogP contribution in [-0.4, -0.2) is 30.8 Å². The van der Waals surface area contributed by atoms with Crippen molar-refractivity contribution in [2.75, 3.05) is 13.7 Å². The summed E-state index contributed by atoms with van der Waals surface area (Å²) < 4.78 is 11.5. The van der Waals surface area contributed by atoms with Crippen LogP contribution in [-0.2, 0) is 0 Å². The van der Waals surface area contributed by atoms with E-state index in [1.165, 1.54) is 0 Å². The normalized spacial score (nSPS) is 22.7. The van der Waals surface area contributed by atoms with Crippen LogP contribution in [0, 0.1) is 5.41 Å². The van der Waals surface area contributed by atoms with Gasteiger partial charge in [-0.15, -0.1) is 0 Å². The van der Waals surface area contributed by atoms with Gasteiger partial charge in [0, 0.05) is 12.1 Å². The highest BCUT2D eigenvalue weighted by atomic mass is 16.5. The van der Waals surface area contributed by atoms with Crippen LogP contribution in [0.15, 0.2) is 18.3 Å². The SMILES string of the molecule is CN[C@H]1C[C@H](Oc2ccc(OCC(C)(C)C)cn2)C1. The first-order valence-electron chi connectivity index (χ1n) is 6.89. The number of aromatic nitrogens is 1. The Hall–Kier alpha value is -1.29. The van der Waals surface area contributed by atoms with E-state index in [0.717, 1.165) is 18.6 Å². The topological polar surface area (TPSA) is 43.4 Å². The summed E-state index contributed by atoms with van der Waals surface area (Å²) >= 11 is 0. The fourth-order valence-electron chi connectivity index (χ4n) is 1.89. The molecule has 19 heavy (non-hydrogen) atoms. The molecule has 0 spiro atoms. The zero-order valence-electron chi connectivity index (χ0n) is 12.3. The van der Waals surface area contributed by atoms with Gasteiger partial charge in [0.25, 0.3) is 0 Å². The molecular weight excluding hydrogens is 240 g/mol. The van der Waals surface area contributed by atoms with Gasteiger partial charge in [0.1, 0.15) is 11.9 Å². The summed E-state index contributed by atoms with van der Waals surface area (Å²) in [6.45, 7) is 7.12. The number of hydrogen-bond acceptors (Lipinski definition) is 4. The van der Waals surface area contributed by atoms with Gasteiger partial charge in [0.05, 0.1) is 12.8 Å². The third-order valence-corrected chi connectivity index (χ3v) is 3.17. The molecule has 0 aliphatic heterocycles. The Kier molecular flexibility index (Phi) is 4.30. The summed E-state index contributed by atoms with van der Waals surface area (Å²) in [6, 6.07) is 4.40. The molecule has 1 aliphatic rings. The molecule has 0 amide bonds. The lowest BCUT2D eigenvalue weighted by molar-refractivity contribution is 0.0837. The van der Waals surface area contributed by atoms with Gasteiger partial charge < -0.3 is 14.8 Å². The van der Waals surface area contributed by atoms with E-state index >= 15 is 0 Å². The van der Waals surface area contributed by atoms with Crippen LogP contribution >= 0.6 is 0 Å². The number of pyridine rings is 1. The second-order valence-corrected chi connectivity index (χ2v) is 6.38. The summed E-state index contributed by atoms with van der Waals surface area (Å²) in [5.41, 5.74) is 0.156. The lowest BCUT2D eigenvalue weighted by atomic mass is 9.89. The molecule has 1 aromatic rings. The summed E-state index contributed by atoms with van der Waals surface area (Å²) in [7, 11) is 1.99. The van der Waals surface area contributed by atoms with E-state index in [0.29, 0.717) is 24.6 Å². The van der Waals surface area contributed by atoms with Crippen molar-refractivity contribution < 1.29 is 9.47 Å². The smallest absolute Gasteiger partial charge is 0.213 e. The van der Waals surface area contributed by atoms with Crippen molar-refractivity contribution in [2.45, 2.75) is 45.8 Å². The molecule has 106 valence electrons. The minimum Gasteiger partial charge on any atom is -0.491 e. The Morgan fingerprint density at radius 2 is 2.05 bits per heavy atom. The highest BCUT2D eigenvalue weighted by Gasteiger charge is 2.29. The molecular formula is C15H24N2O2. The van der Waals surface area contributed by atoms with E-state index in [1.54, 1.807) is 6.20 Å². The molecule has 0 unspecified atom stereocenters. The van der Waals surface area contributed by atoms with Crippen molar-refractivity contribution in [3.8, 4) is 11.6 Å². The van der Waals surface area contributed by atoms with Gasteiger partial charge >= 0.3 is 0 Å². The maximum atomic E-state index is 5.78.